The van der Waals surface area contributed by atoms with Crippen LogP contribution in [0.1, 0.15) is 50.3 Å². The van der Waals surface area contributed by atoms with E-state index in [0.717, 1.165) is 36.3 Å². The van der Waals surface area contributed by atoms with Gasteiger partial charge in [0.15, 0.2) is 0 Å². The first-order valence-electron chi connectivity index (χ1n) is 6.50. The minimum absolute atomic E-state index is 0.0402. The Labute approximate surface area is 120 Å². The molecule has 1 rings (SSSR count). The van der Waals surface area contributed by atoms with Crippen molar-refractivity contribution in [3.05, 3.63) is 33.8 Å². The van der Waals surface area contributed by atoms with E-state index in [0.29, 0.717) is 5.56 Å². The number of alkyl halides is 3. The Morgan fingerprint density at radius 3 is 2.42 bits per heavy atom. The Bertz CT molecular complexity index is 404. The maximum absolute atomic E-state index is 12.8. The molecule has 0 radical (unpaired) electrons. The third-order valence-electron chi connectivity index (χ3n) is 2.92. The summed E-state index contributed by atoms with van der Waals surface area (Å²) in [6.45, 7) is 4.87. The fraction of sp³-hybridized carbons (Fsp3) is 0.571. The quantitative estimate of drug-likeness (QED) is 0.741. The van der Waals surface area contributed by atoms with Gasteiger partial charge < -0.3 is 5.32 Å². The van der Waals surface area contributed by atoms with Crippen LogP contribution < -0.4 is 5.32 Å². The molecule has 0 bridgehead atoms. The van der Waals surface area contributed by atoms with Crippen LogP contribution in [-0.2, 0) is 6.18 Å². The summed E-state index contributed by atoms with van der Waals surface area (Å²) in [6.07, 6.45) is -1.60. The number of hydrogen-bond acceptors (Lipinski definition) is 1. The normalized spacial score (nSPS) is 13.6. The van der Waals surface area contributed by atoms with Gasteiger partial charge in [-0.3, -0.25) is 0 Å². The fourth-order valence-electron chi connectivity index (χ4n) is 1.96. The van der Waals surface area contributed by atoms with Crippen LogP contribution >= 0.6 is 15.9 Å². The van der Waals surface area contributed by atoms with E-state index in [1.165, 1.54) is 12.1 Å². The van der Waals surface area contributed by atoms with Crippen molar-refractivity contribution in [3.8, 4) is 0 Å². The van der Waals surface area contributed by atoms with Gasteiger partial charge in [-0.05, 0) is 43.1 Å². The predicted molar refractivity (Wildman–Crippen MR) is 75.1 cm³/mol. The number of hydrogen-bond donors (Lipinski definition) is 1. The van der Waals surface area contributed by atoms with Crippen molar-refractivity contribution in [1.82, 2.24) is 5.32 Å². The van der Waals surface area contributed by atoms with Gasteiger partial charge in [-0.2, -0.15) is 13.2 Å². The van der Waals surface area contributed by atoms with Gasteiger partial charge in [-0.25, -0.2) is 0 Å². The standard InChI is InChI=1S/C14H19BrF3N/c1-3-5-13(19-8-4-2)11-9-10(14(16,17)18)6-7-12(11)15/h6-7,9,13,19H,3-5,8H2,1-2H3. The third kappa shape index (κ3) is 4.80. The van der Waals surface area contributed by atoms with Crippen molar-refractivity contribution >= 4 is 15.9 Å². The molecular formula is C14H19BrF3N. The third-order valence-corrected chi connectivity index (χ3v) is 3.64. The van der Waals surface area contributed by atoms with Crippen molar-refractivity contribution in [1.29, 1.82) is 0 Å². The van der Waals surface area contributed by atoms with E-state index in [4.69, 9.17) is 0 Å². The lowest BCUT2D eigenvalue weighted by molar-refractivity contribution is -0.137. The molecule has 0 spiro atoms. The number of halogens is 4. The molecule has 1 aromatic carbocycles. The largest absolute Gasteiger partial charge is 0.416 e. The molecule has 0 heterocycles. The Morgan fingerprint density at radius 1 is 1.21 bits per heavy atom. The van der Waals surface area contributed by atoms with Crippen molar-refractivity contribution in [3.63, 3.8) is 0 Å². The maximum atomic E-state index is 12.8. The lowest BCUT2D eigenvalue weighted by atomic mass is 9.99. The molecule has 1 unspecified atom stereocenters. The monoisotopic (exact) mass is 337 g/mol. The zero-order valence-corrected chi connectivity index (χ0v) is 12.7. The second-order valence-electron chi connectivity index (χ2n) is 4.53. The number of rotatable bonds is 6. The van der Waals surface area contributed by atoms with E-state index in [2.05, 4.69) is 21.2 Å². The van der Waals surface area contributed by atoms with Crippen LogP contribution in [-0.4, -0.2) is 6.54 Å². The summed E-state index contributed by atoms with van der Waals surface area (Å²) in [5.41, 5.74) is 0.0928. The van der Waals surface area contributed by atoms with Crippen LogP contribution in [0.25, 0.3) is 0 Å². The molecule has 0 aliphatic carbocycles. The SMILES string of the molecule is CCCNC(CCC)c1cc(C(F)(F)F)ccc1Br. The molecule has 1 N–H and O–H groups in total. The second-order valence-corrected chi connectivity index (χ2v) is 5.38. The number of nitrogens with one attached hydrogen (secondary N) is 1. The summed E-state index contributed by atoms with van der Waals surface area (Å²) in [5, 5.41) is 3.31. The second kappa shape index (κ2) is 7.29. The highest BCUT2D eigenvalue weighted by molar-refractivity contribution is 9.10. The van der Waals surface area contributed by atoms with Crippen molar-refractivity contribution in [2.24, 2.45) is 0 Å². The zero-order chi connectivity index (χ0) is 14.5. The average molecular weight is 338 g/mol. The van der Waals surface area contributed by atoms with Gasteiger partial charge in [0.2, 0.25) is 0 Å². The van der Waals surface area contributed by atoms with Crippen molar-refractivity contribution in [2.75, 3.05) is 6.54 Å². The lowest BCUT2D eigenvalue weighted by Crippen LogP contribution is -2.23. The Kier molecular flexibility index (Phi) is 6.33. The molecule has 0 aromatic heterocycles. The van der Waals surface area contributed by atoms with E-state index in [1.54, 1.807) is 0 Å². The molecule has 1 nitrogen and oxygen atoms in total. The highest BCUT2D eigenvalue weighted by Crippen LogP contribution is 2.34. The molecule has 0 saturated carbocycles. The summed E-state index contributed by atoms with van der Waals surface area (Å²) in [7, 11) is 0. The molecule has 0 aliphatic heterocycles. The summed E-state index contributed by atoms with van der Waals surface area (Å²) < 4.78 is 39.0. The molecule has 5 heteroatoms. The maximum Gasteiger partial charge on any atom is 0.416 e. The highest BCUT2D eigenvalue weighted by Gasteiger charge is 2.31. The van der Waals surface area contributed by atoms with Gasteiger partial charge in [0.05, 0.1) is 5.56 Å². The van der Waals surface area contributed by atoms with Gasteiger partial charge in [-0.1, -0.05) is 36.2 Å². The van der Waals surface area contributed by atoms with Crippen LogP contribution in [0.5, 0.6) is 0 Å². The zero-order valence-electron chi connectivity index (χ0n) is 11.1. The summed E-state index contributed by atoms with van der Waals surface area (Å²) in [6, 6.07) is 3.79. The summed E-state index contributed by atoms with van der Waals surface area (Å²) >= 11 is 3.35. The van der Waals surface area contributed by atoms with Crippen LogP contribution in [0.3, 0.4) is 0 Å². The summed E-state index contributed by atoms with van der Waals surface area (Å²) in [5.74, 6) is 0. The lowest BCUT2D eigenvalue weighted by Gasteiger charge is -2.21. The van der Waals surface area contributed by atoms with E-state index in [9.17, 15) is 13.2 Å². The van der Waals surface area contributed by atoms with Gasteiger partial charge in [0.1, 0.15) is 0 Å². The smallest absolute Gasteiger partial charge is 0.310 e. The topological polar surface area (TPSA) is 12.0 Å². The van der Waals surface area contributed by atoms with Crippen LogP contribution in [0.4, 0.5) is 13.2 Å². The number of benzene rings is 1. The van der Waals surface area contributed by atoms with E-state index < -0.39 is 11.7 Å². The van der Waals surface area contributed by atoms with Gasteiger partial charge >= 0.3 is 6.18 Å². The molecule has 0 amide bonds. The van der Waals surface area contributed by atoms with E-state index in [1.807, 2.05) is 13.8 Å². The molecule has 108 valence electrons. The van der Waals surface area contributed by atoms with Crippen LogP contribution in [0, 0.1) is 0 Å². The van der Waals surface area contributed by atoms with Crippen molar-refractivity contribution < 1.29 is 13.2 Å². The predicted octanol–water partition coefficient (Wildman–Crippen LogP) is 5.31. The molecule has 1 aromatic rings. The van der Waals surface area contributed by atoms with Gasteiger partial charge in [0, 0.05) is 10.5 Å². The minimum atomic E-state index is -4.29. The van der Waals surface area contributed by atoms with Crippen molar-refractivity contribution in [2.45, 2.75) is 45.3 Å². The summed E-state index contributed by atoms with van der Waals surface area (Å²) in [4.78, 5) is 0. The first kappa shape index (κ1) is 16.5. The van der Waals surface area contributed by atoms with Gasteiger partial charge in [0.25, 0.3) is 0 Å². The van der Waals surface area contributed by atoms with Gasteiger partial charge in [-0.15, -0.1) is 0 Å². The Morgan fingerprint density at radius 2 is 1.89 bits per heavy atom. The minimum Gasteiger partial charge on any atom is -0.310 e. The molecule has 0 fully saturated rings. The van der Waals surface area contributed by atoms with Crippen LogP contribution in [0.15, 0.2) is 22.7 Å². The Hall–Kier alpha value is -0.550. The Balaban J connectivity index is 3.06. The first-order chi connectivity index (χ1) is 8.90. The first-order valence-corrected chi connectivity index (χ1v) is 7.29. The molecule has 19 heavy (non-hydrogen) atoms. The molecule has 1 atom stereocenters. The fourth-order valence-corrected chi connectivity index (χ4v) is 2.48. The molecule has 0 aliphatic rings. The molecule has 0 saturated heterocycles. The highest BCUT2D eigenvalue weighted by atomic mass is 79.9. The van der Waals surface area contributed by atoms with E-state index >= 15 is 0 Å². The van der Waals surface area contributed by atoms with E-state index in [-0.39, 0.29) is 6.04 Å². The molecular weight excluding hydrogens is 319 g/mol. The average Bonchev–Trinajstić information content (AvgIpc) is 2.34. The van der Waals surface area contributed by atoms with Crippen LogP contribution in [0.2, 0.25) is 0 Å².